The molecule has 0 spiro atoms. The number of benzene rings is 1. The van der Waals surface area contributed by atoms with Crippen LogP contribution in [0.15, 0.2) is 73.2 Å². The molecule has 0 aliphatic heterocycles. The van der Waals surface area contributed by atoms with Gasteiger partial charge in [0.1, 0.15) is 5.75 Å². The Labute approximate surface area is 142 Å². The van der Waals surface area contributed by atoms with Crippen LogP contribution in [0.2, 0.25) is 0 Å². The molecule has 0 N–H and O–H groups in total. The largest absolute Gasteiger partial charge is 0.431 e. The number of hydrogen-bond donors (Lipinski definition) is 0. The lowest BCUT2D eigenvalue weighted by atomic mass is 10.1. The Hall–Kier alpha value is -3.74. The van der Waals surface area contributed by atoms with Gasteiger partial charge in [-0.2, -0.15) is 9.38 Å². The zero-order valence-corrected chi connectivity index (χ0v) is 12.9. The van der Waals surface area contributed by atoms with Crippen LogP contribution in [0.3, 0.4) is 0 Å². The van der Waals surface area contributed by atoms with E-state index < -0.39 is 4.92 Å². The Morgan fingerprint density at radius 1 is 1.00 bits per heavy atom. The maximum atomic E-state index is 11.4. The van der Waals surface area contributed by atoms with E-state index in [1.54, 1.807) is 36.7 Å². The quantitative estimate of drug-likeness (QED) is 0.415. The highest BCUT2D eigenvalue weighted by molar-refractivity contribution is 5.64. The first-order chi connectivity index (χ1) is 12.2. The summed E-state index contributed by atoms with van der Waals surface area (Å²) in [4.78, 5) is 19.3. The minimum atomic E-state index is -0.510. The SMILES string of the molecule is O=[N+]([O-])c1c(Oc2cncc(-c3ccccc3)c2)nc2ccccn12. The average Bonchev–Trinajstić information content (AvgIpc) is 3.00. The number of nitrogens with zero attached hydrogens (tertiary/aromatic N) is 4. The van der Waals surface area contributed by atoms with Crippen molar-refractivity contribution in [3.05, 3.63) is 83.3 Å². The third kappa shape index (κ3) is 2.78. The maximum Gasteiger partial charge on any atom is 0.392 e. The predicted molar refractivity (Wildman–Crippen MR) is 91.6 cm³/mol. The van der Waals surface area contributed by atoms with Crippen LogP contribution >= 0.6 is 0 Å². The van der Waals surface area contributed by atoms with Crippen molar-refractivity contribution >= 4 is 11.5 Å². The molecular formula is C18H12N4O3. The molecule has 0 fully saturated rings. The lowest BCUT2D eigenvalue weighted by Crippen LogP contribution is -1.96. The summed E-state index contributed by atoms with van der Waals surface area (Å²) in [5, 5.41) is 11.4. The van der Waals surface area contributed by atoms with Gasteiger partial charge in [-0.05, 0) is 22.6 Å². The second-order valence-corrected chi connectivity index (χ2v) is 5.30. The van der Waals surface area contributed by atoms with E-state index in [1.165, 1.54) is 10.6 Å². The van der Waals surface area contributed by atoms with Crippen LogP contribution in [-0.2, 0) is 0 Å². The van der Waals surface area contributed by atoms with Crippen molar-refractivity contribution in [3.63, 3.8) is 0 Å². The molecule has 0 radical (unpaired) electrons. The van der Waals surface area contributed by atoms with Crippen LogP contribution in [0.5, 0.6) is 11.6 Å². The van der Waals surface area contributed by atoms with Gasteiger partial charge in [0.15, 0.2) is 0 Å². The van der Waals surface area contributed by atoms with Crippen molar-refractivity contribution in [1.29, 1.82) is 0 Å². The smallest absolute Gasteiger partial charge is 0.392 e. The van der Waals surface area contributed by atoms with Crippen LogP contribution in [0.4, 0.5) is 5.82 Å². The third-order valence-electron chi connectivity index (χ3n) is 3.68. The summed E-state index contributed by atoms with van der Waals surface area (Å²) in [5.74, 6) is 0.0942. The zero-order chi connectivity index (χ0) is 17.2. The van der Waals surface area contributed by atoms with Gasteiger partial charge < -0.3 is 14.9 Å². The molecule has 0 saturated carbocycles. The van der Waals surface area contributed by atoms with Crippen molar-refractivity contribution in [2.45, 2.75) is 0 Å². The maximum absolute atomic E-state index is 11.4. The minimum absolute atomic E-state index is 0.0665. The van der Waals surface area contributed by atoms with E-state index in [4.69, 9.17) is 4.74 Å². The first kappa shape index (κ1) is 14.8. The molecule has 7 nitrogen and oxygen atoms in total. The second kappa shape index (κ2) is 6.04. The van der Waals surface area contributed by atoms with E-state index in [0.29, 0.717) is 11.4 Å². The zero-order valence-electron chi connectivity index (χ0n) is 12.9. The molecule has 0 atom stereocenters. The topological polar surface area (TPSA) is 82.6 Å². The van der Waals surface area contributed by atoms with Crippen LogP contribution in [0.1, 0.15) is 0 Å². The summed E-state index contributed by atoms with van der Waals surface area (Å²) in [5.41, 5.74) is 2.27. The van der Waals surface area contributed by atoms with Gasteiger partial charge in [-0.3, -0.25) is 4.98 Å². The minimum Gasteiger partial charge on any atom is -0.431 e. The van der Waals surface area contributed by atoms with Gasteiger partial charge >= 0.3 is 11.7 Å². The molecule has 4 rings (SSSR count). The van der Waals surface area contributed by atoms with Crippen molar-refractivity contribution in [3.8, 4) is 22.8 Å². The Balaban J connectivity index is 1.75. The number of fused-ring (bicyclic) bond motifs is 1. The number of imidazole rings is 1. The molecule has 0 aliphatic rings. The Kier molecular flexibility index (Phi) is 3.59. The molecule has 0 aliphatic carbocycles. The Bertz CT molecular complexity index is 1060. The highest BCUT2D eigenvalue weighted by Gasteiger charge is 2.24. The van der Waals surface area contributed by atoms with Gasteiger partial charge in [-0.25, -0.2) is 0 Å². The number of ether oxygens (including phenoxy) is 1. The number of hydrogen-bond acceptors (Lipinski definition) is 5. The summed E-state index contributed by atoms with van der Waals surface area (Å²) in [6, 6.07) is 16.6. The molecule has 4 aromatic rings. The molecule has 0 amide bonds. The van der Waals surface area contributed by atoms with Gasteiger partial charge in [-0.1, -0.05) is 36.4 Å². The fourth-order valence-electron chi connectivity index (χ4n) is 2.57. The van der Waals surface area contributed by atoms with Crippen LogP contribution in [0.25, 0.3) is 16.8 Å². The molecule has 7 heteroatoms. The van der Waals surface area contributed by atoms with Gasteiger partial charge in [0.05, 0.1) is 12.4 Å². The molecule has 25 heavy (non-hydrogen) atoms. The predicted octanol–water partition coefficient (Wildman–Crippen LogP) is 4.10. The standard InChI is InChI=1S/C18H12N4O3/c23-22(24)18-17(20-16-8-4-5-9-21(16)18)25-15-10-14(11-19-12-15)13-6-2-1-3-7-13/h1-12H. The van der Waals surface area contributed by atoms with E-state index in [0.717, 1.165) is 11.1 Å². The van der Waals surface area contributed by atoms with Crippen LogP contribution in [0, 0.1) is 10.1 Å². The fourth-order valence-corrected chi connectivity index (χ4v) is 2.57. The molecule has 3 aromatic heterocycles. The van der Waals surface area contributed by atoms with E-state index in [9.17, 15) is 10.1 Å². The third-order valence-corrected chi connectivity index (χ3v) is 3.68. The number of pyridine rings is 2. The molecule has 0 unspecified atom stereocenters. The van der Waals surface area contributed by atoms with E-state index >= 15 is 0 Å². The van der Waals surface area contributed by atoms with Crippen LogP contribution in [-0.4, -0.2) is 19.3 Å². The first-order valence-electron chi connectivity index (χ1n) is 7.52. The monoisotopic (exact) mass is 332 g/mol. The van der Waals surface area contributed by atoms with E-state index in [2.05, 4.69) is 9.97 Å². The molecule has 0 bridgehead atoms. The average molecular weight is 332 g/mol. The van der Waals surface area contributed by atoms with Crippen LogP contribution < -0.4 is 4.74 Å². The van der Waals surface area contributed by atoms with Crippen molar-refractivity contribution in [2.75, 3.05) is 0 Å². The summed E-state index contributed by atoms with van der Waals surface area (Å²) in [6.07, 6.45) is 4.78. The molecule has 0 saturated heterocycles. The highest BCUT2D eigenvalue weighted by atomic mass is 16.6. The molecule has 122 valence electrons. The summed E-state index contributed by atoms with van der Waals surface area (Å²) in [7, 11) is 0. The van der Waals surface area contributed by atoms with Gasteiger partial charge in [0, 0.05) is 17.8 Å². The second-order valence-electron chi connectivity index (χ2n) is 5.30. The van der Waals surface area contributed by atoms with E-state index in [-0.39, 0.29) is 11.7 Å². The highest BCUT2D eigenvalue weighted by Crippen LogP contribution is 2.32. The normalized spacial score (nSPS) is 10.7. The Morgan fingerprint density at radius 3 is 2.60 bits per heavy atom. The first-order valence-corrected chi connectivity index (χ1v) is 7.52. The van der Waals surface area contributed by atoms with E-state index in [1.807, 2.05) is 30.3 Å². The molecule has 3 heterocycles. The number of nitro groups is 1. The number of aromatic nitrogens is 3. The number of rotatable bonds is 4. The van der Waals surface area contributed by atoms with Gasteiger partial charge in [-0.15, -0.1) is 0 Å². The van der Waals surface area contributed by atoms with Crippen molar-refractivity contribution in [2.24, 2.45) is 0 Å². The summed E-state index contributed by atoms with van der Waals surface area (Å²) >= 11 is 0. The summed E-state index contributed by atoms with van der Waals surface area (Å²) in [6.45, 7) is 0. The lowest BCUT2D eigenvalue weighted by molar-refractivity contribution is -0.391. The van der Waals surface area contributed by atoms with Crippen molar-refractivity contribution in [1.82, 2.24) is 14.4 Å². The molecular weight excluding hydrogens is 320 g/mol. The Morgan fingerprint density at radius 2 is 1.80 bits per heavy atom. The summed E-state index contributed by atoms with van der Waals surface area (Å²) < 4.78 is 7.06. The lowest BCUT2D eigenvalue weighted by Gasteiger charge is -2.05. The fraction of sp³-hybridized carbons (Fsp3) is 0. The van der Waals surface area contributed by atoms with Crippen molar-refractivity contribution < 1.29 is 9.66 Å². The van der Waals surface area contributed by atoms with Gasteiger partial charge in [0.25, 0.3) is 0 Å². The van der Waals surface area contributed by atoms with Gasteiger partial charge in [0.2, 0.25) is 5.65 Å². The molecule has 1 aromatic carbocycles.